The Hall–Kier alpha value is -2.65. The van der Waals surface area contributed by atoms with Crippen LogP contribution in [0.2, 0.25) is 5.02 Å². The Kier molecular flexibility index (Phi) is 9.34. The van der Waals surface area contributed by atoms with E-state index in [2.05, 4.69) is 20.3 Å². The van der Waals surface area contributed by atoms with E-state index >= 15 is 0 Å². The molecule has 2 saturated heterocycles. The Morgan fingerprint density at radius 1 is 1.02 bits per heavy atom. The minimum Gasteiger partial charge on any atom is -0.448 e. The highest BCUT2D eigenvalue weighted by Gasteiger charge is 2.44. The van der Waals surface area contributed by atoms with Gasteiger partial charge >= 0.3 is 6.09 Å². The molecule has 0 spiro atoms. The number of nitrogens with zero attached hydrogens (tertiary/aromatic N) is 5. The van der Waals surface area contributed by atoms with Crippen molar-refractivity contribution in [2.24, 2.45) is 11.3 Å². The Morgan fingerprint density at radius 3 is 2.40 bits per heavy atom. The molecule has 3 heterocycles. The molecule has 1 aromatic heterocycles. The zero-order valence-electron chi connectivity index (χ0n) is 24.6. The lowest BCUT2D eigenvalue weighted by Crippen LogP contribution is -2.56. The van der Waals surface area contributed by atoms with Crippen LogP contribution in [0.15, 0.2) is 36.9 Å². The van der Waals surface area contributed by atoms with E-state index in [1.54, 1.807) is 6.33 Å². The van der Waals surface area contributed by atoms with E-state index in [0.29, 0.717) is 30.5 Å². The third-order valence-corrected chi connectivity index (χ3v) is 10.8. The number of hydrogen-bond donors (Lipinski definition) is 1. The van der Waals surface area contributed by atoms with Gasteiger partial charge in [-0.05, 0) is 86.8 Å². The van der Waals surface area contributed by atoms with Crippen molar-refractivity contribution in [3.05, 3.63) is 47.5 Å². The first-order chi connectivity index (χ1) is 20.5. The molecule has 1 aromatic carbocycles. The van der Waals surface area contributed by atoms with Gasteiger partial charge in [0.1, 0.15) is 19.3 Å². The second kappa shape index (κ2) is 13.3. The van der Waals surface area contributed by atoms with Crippen molar-refractivity contribution in [3.63, 3.8) is 0 Å². The molecule has 0 radical (unpaired) electrons. The fourth-order valence-electron chi connectivity index (χ4n) is 8.09. The predicted octanol–water partition coefficient (Wildman–Crippen LogP) is 5.08. The molecular formula is C32H45ClN6O3. The van der Waals surface area contributed by atoms with Crippen molar-refractivity contribution >= 4 is 23.6 Å². The van der Waals surface area contributed by atoms with Gasteiger partial charge in [0.05, 0.1) is 12.6 Å². The molecule has 0 unspecified atom stereocenters. The summed E-state index contributed by atoms with van der Waals surface area (Å²) in [6.45, 7) is 3.64. The van der Waals surface area contributed by atoms with Crippen LogP contribution < -0.4 is 5.32 Å². The molecule has 6 rings (SSSR count). The first-order valence-corrected chi connectivity index (χ1v) is 16.4. The summed E-state index contributed by atoms with van der Waals surface area (Å²) in [4.78, 5) is 34.5. The van der Waals surface area contributed by atoms with E-state index < -0.39 is 0 Å². The third kappa shape index (κ3) is 6.77. The molecule has 9 nitrogen and oxygen atoms in total. The highest BCUT2D eigenvalue weighted by molar-refractivity contribution is 6.30. The van der Waals surface area contributed by atoms with Crippen LogP contribution in [-0.4, -0.2) is 80.9 Å². The maximum atomic E-state index is 14.2. The van der Waals surface area contributed by atoms with Gasteiger partial charge in [0, 0.05) is 36.7 Å². The van der Waals surface area contributed by atoms with Crippen LogP contribution in [0.5, 0.6) is 0 Å². The molecule has 10 heteroatoms. The number of hydrogen-bond acceptors (Lipinski definition) is 6. The van der Waals surface area contributed by atoms with Crippen LogP contribution in [-0.2, 0) is 22.5 Å². The second-order valence-electron chi connectivity index (χ2n) is 13.0. The molecule has 2 saturated carbocycles. The molecular weight excluding hydrogens is 552 g/mol. The molecule has 4 fully saturated rings. The standard InChI is InChI=1S/C32H45ClN6O3/c33-26-8-6-24(7-9-26)20-29(36-27-10-12-28(13-11-27)39-18-19-42-31(39)41)30(40)37-16-14-32(15-17-37,21-38-23-34-22-35-38)25-4-2-1-3-5-25/h6-9,22-23,25,27-29,36H,1-5,10-21H2/t27-,28+,29-/m1/s1. The quantitative estimate of drug-likeness (QED) is 0.434. The number of ether oxygens (including phenoxy) is 1. The van der Waals surface area contributed by atoms with Crippen LogP contribution >= 0.6 is 11.6 Å². The fraction of sp³-hybridized carbons (Fsp3) is 0.688. The molecule has 1 N–H and O–H groups in total. The SMILES string of the molecule is O=C([C@@H](Cc1ccc(Cl)cc1)N[C@H]1CC[C@@H](N2CCOC2=O)CC1)N1CCC(Cn2cncn2)(C2CCCCC2)CC1. The van der Waals surface area contributed by atoms with Crippen molar-refractivity contribution in [2.45, 2.75) is 102 Å². The number of halogens is 1. The van der Waals surface area contributed by atoms with Crippen molar-refractivity contribution in [3.8, 4) is 0 Å². The van der Waals surface area contributed by atoms with Gasteiger partial charge in [-0.15, -0.1) is 0 Å². The zero-order chi connectivity index (χ0) is 28.9. The number of piperidine rings is 1. The van der Waals surface area contributed by atoms with Crippen LogP contribution in [0.4, 0.5) is 4.79 Å². The molecule has 2 aliphatic heterocycles. The van der Waals surface area contributed by atoms with Gasteiger partial charge in [0.25, 0.3) is 0 Å². The van der Waals surface area contributed by atoms with Crippen molar-refractivity contribution in [1.29, 1.82) is 0 Å². The van der Waals surface area contributed by atoms with Crippen molar-refractivity contribution < 1.29 is 14.3 Å². The summed E-state index contributed by atoms with van der Waals surface area (Å²) in [5.41, 5.74) is 1.28. The van der Waals surface area contributed by atoms with Gasteiger partial charge in [0.15, 0.2) is 0 Å². The normalized spacial score (nSPS) is 25.8. The summed E-state index contributed by atoms with van der Waals surface area (Å²) < 4.78 is 7.18. The minimum absolute atomic E-state index is 0.166. The fourth-order valence-corrected chi connectivity index (χ4v) is 8.22. The number of benzene rings is 1. The average molecular weight is 597 g/mol. The molecule has 228 valence electrons. The first-order valence-electron chi connectivity index (χ1n) is 16.0. The lowest BCUT2D eigenvalue weighted by molar-refractivity contribution is -0.137. The summed E-state index contributed by atoms with van der Waals surface area (Å²) in [5, 5.41) is 8.94. The number of cyclic esters (lactones) is 1. The molecule has 4 aliphatic rings. The molecule has 2 aliphatic carbocycles. The average Bonchev–Trinajstić information content (AvgIpc) is 3.70. The number of carbonyl (C=O) groups excluding carboxylic acids is 2. The third-order valence-electron chi connectivity index (χ3n) is 10.5. The Bertz CT molecular complexity index is 1170. The lowest BCUT2D eigenvalue weighted by Gasteiger charge is -2.48. The summed E-state index contributed by atoms with van der Waals surface area (Å²) in [6, 6.07) is 8.07. The van der Waals surface area contributed by atoms with Gasteiger partial charge in [-0.2, -0.15) is 5.10 Å². The second-order valence-corrected chi connectivity index (χ2v) is 13.4. The first kappa shape index (κ1) is 29.4. The molecule has 2 amide bonds. The highest BCUT2D eigenvalue weighted by Crippen LogP contribution is 2.47. The monoisotopic (exact) mass is 596 g/mol. The van der Waals surface area contributed by atoms with E-state index in [1.165, 1.54) is 32.1 Å². The van der Waals surface area contributed by atoms with Gasteiger partial charge in [-0.25, -0.2) is 9.78 Å². The summed E-state index contributed by atoms with van der Waals surface area (Å²) in [7, 11) is 0. The number of nitrogens with one attached hydrogen (secondary N) is 1. The molecule has 42 heavy (non-hydrogen) atoms. The number of rotatable bonds is 9. The van der Waals surface area contributed by atoms with E-state index in [9.17, 15) is 9.59 Å². The van der Waals surface area contributed by atoms with Gasteiger partial charge in [-0.1, -0.05) is 43.0 Å². The number of likely N-dealkylation sites (tertiary alicyclic amines) is 1. The van der Waals surface area contributed by atoms with Crippen LogP contribution in [0, 0.1) is 11.3 Å². The van der Waals surface area contributed by atoms with Gasteiger partial charge < -0.3 is 19.9 Å². The number of carbonyl (C=O) groups is 2. The zero-order valence-corrected chi connectivity index (χ0v) is 25.4. The largest absolute Gasteiger partial charge is 0.448 e. The van der Waals surface area contributed by atoms with E-state index in [1.807, 2.05) is 40.2 Å². The van der Waals surface area contributed by atoms with Crippen molar-refractivity contribution in [2.75, 3.05) is 26.2 Å². The summed E-state index contributed by atoms with van der Waals surface area (Å²) in [5.74, 6) is 0.881. The summed E-state index contributed by atoms with van der Waals surface area (Å²) in [6.07, 6.45) is 16.2. The van der Waals surface area contributed by atoms with Gasteiger partial charge in [-0.3, -0.25) is 9.48 Å². The van der Waals surface area contributed by atoms with E-state index in [4.69, 9.17) is 16.3 Å². The van der Waals surface area contributed by atoms with Gasteiger partial charge in [0.2, 0.25) is 5.91 Å². The van der Waals surface area contributed by atoms with Crippen LogP contribution in [0.25, 0.3) is 0 Å². The predicted molar refractivity (Wildman–Crippen MR) is 161 cm³/mol. The Morgan fingerprint density at radius 2 is 1.76 bits per heavy atom. The molecule has 0 bridgehead atoms. The lowest BCUT2D eigenvalue weighted by atomic mass is 9.63. The van der Waals surface area contributed by atoms with Crippen LogP contribution in [0.3, 0.4) is 0 Å². The highest BCUT2D eigenvalue weighted by atomic mass is 35.5. The van der Waals surface area contributed by atoms with Crippen LogP contribution in [0.1, 0.15) is 76.2 Å². The molecule has 2 aromatic rings. The maximum Gasteiger partial charge on any atom is 0.410 e. The van der Waals surface area contributed by atoms with E-state index in [-0.39, 0.29) is 35.5 Å². The topological polar surface area (TPSA) is 92.6 Å². The number of aromatic nitrogens is 3. The van der Waals surface area contributed by atoms with E-state index in [0.717, 1.165) is 63.7 Å². The molecule has 1 atom stereocenters. The maximum absolute atomic E-state index is 14.2. The Balaban J connectivity index is 1.12. The smallest absolute Gasteiger partial charge is 0.410 e. The Labute approximate surface area is 254 Å². The minimum atomic E-state index is -0.290. The number of amides is 2. The van der Waals surface area contributed by atoms with Crippen molar-refractivity contribution in [1.82, 2.24) is 29.9 Å². The summed E-state index contributed by atoms with van der Waals surface area (Å²) >= 11 is 6.17.